The van der Waals surface area contributed by atoms with E-state index >= 15 is 0 Å². The minimum absolute atomic E-state index is 0. The van der Waals surface area contributed by atoms with Gasteiger partial charge in [0.05, 0.1) is 19.8 Å². The van der Waals surface area contributed by atoms with Gasteiger partial charge >= 0.3 is 0 Å². The first-order valence-corrected chi connectivity index (χ1v) is 9.59. The number of likely N-dealkylation sites (tertiary alicyclic amines) is 1. The first kappa shape index (κ1) is 25.1. The SMILES string of the molecule is CC1(C)CN(CC(=O)Nc2ccc(CN3CCOCC3)cc2)CCC1N.Cl.Cl. The highest BCUT2D eigenvalue weighted by molar-refractivity contribution is 5.92. The molecule has 3 N–H and O–H groups in total. The number of ether oxygens (including phenoxy) is 1. The molecular formula is C20H34Cl2N4O2. The van der Waals surface area contributed by atoms with Crippen molar-refractivity contribution in [3.8, 4) is 0 Å². The van der Waals surface area contributed by atoms with E-state index in [0.717, 1.165) is 58.0 Å². The zero-order valence-corrected chi connectivity index (χ0v) is 18.5. The molecule has 1 atom stereocenters. The molecule has 160 valence electrons. The van der Waals surface area contributed by atoms with Gasteiger partial charge in [-0.15, -0.1) is 24.8 Å². The zero-order valence-electron chi connectivity index (χ0n) is 16.9. The number of hydrogen-bond donors (Lipinski definition) is 2. The van der Waals surface area contributed by atoms with Gasteiger partial charge in [-0.25, -0.2) is 0 Å². The summed E-state index contributed by atoms with van der Waals surface area (Å²) in [6.45, 7) is 11.0. The molecule has 3 rings (SSSR count). The third-order valence-corrected chi connectivity index (χ3v) is 5.51. The third-order valence-electron chi connectivity index (χ3n) is 5.51. The molecule has 1 aromatic carbocycles. The number of hydrogen-bond acceptors (Lipinski definition) is 5. The van der Waals surface area contributed by atoms with Gasteiger partial charge in [-0.05, 0) is 29.5 Å². The fourth-order valence-electron chi connectivity index (χ4n) is 3.73. The summed E-state index contributed by atoms with van der Waals surface area (Å²) < 4.78 is 5.38. The Morgan fingerprint density at radius 2 is 1.79 bits per heavy atom. The molecule has 0 radical (unpaired) electrons. The highest BCUT2D eigenvalue weighted by Gasteiger charge is 2.33. The van der Waals surface area contributed by atoms with E-state index in [2.05, 4.69) is 41.1 Å². The maximum absolute atomic E-state index is 12.4. The number of rotatable bonds is 5. The van der Waals surface area contributed by atoms with Gasteiger partial charge in [0.1, 0.15) is 0 Å². The second kappa shape index (κ2) is 11.3. The number of benzene rings is 1. The second-order valence-corrected chi connectivity index (χ2v) is 8.23. The van der Waals surface area contributed by atoms with Crippen LogP contribution in [-0.4, -0.2) is 67.7 Å². The fourth-order valence-corrected chi connectivity index (χ4v) is 3.73. The summed E-state index contributed by atoms with van der Waals surface area (Å²) in [7, 11) is 0. The van der Waals surface area contributed by atoms with Crippen molar-refractivity contribution in [1.82, 2.24) is 9.80 Å². The maximum Gasteiger partial charge on any atom is 0.238 e. The molecular weight excluding hydrogens is 399 g/mol. The zero-order chi connectivity index (χ0) is 18.6. The Hall–Kier alpha value is -0.890. The Kier molecular flexibility index (Phi) is 10.2. The summed E-state index contributed by atoms with van der Waals surface area (Å²) >= 11 is 0. The van der Waals surface area contributed by atoms with E-state index in [1.54, 1.807) is 0 Å². The van der Waals surface area contributed by atoms with E-state index in [1.165, 1.54) is 5.56 Å². The number of nitrogens with one attached hydrogen (secondary N) is 1. The number of amides is 1. The lowest BCUT2D eigenvalue weighted by Crippen LogP contribution is -2.53. The Morgan fingerprint density at radius 3 is 2.39 bits per heavy atom. The first-order valence-electron chi connectivity index (χ1n) is 9.59. The molecule has 8 heteroatoms. The summed E-state index contributed by atoms with van der Waals surface area (Å²) in [5.74, 6) is 0.0391. The van der Waals surface area contributed by atoms with Crippen LogP contribution in [-0.2, 0) is 16.1 Å². The maximum atomic E-state index is 12.4. The van der Waals surface area contributed by atoms with Crippen LogP contribution in [0.15, 0.2) is 24.3 Å². The molecule has 28 heavy (non-hydrogen) atoms. The van der Waals surface area contributed by atoms with E-state index in [-0.39, 0.29) is 42.2 Å². The molecule has 0 saturated carbocycles. The molecule has 1 unspecified atom stereocenters. The lowest BCUT2D eigenvalue weighted by atomic mass is 9.80. The lowest BCUT2D eigenvalue weighted by Gasteiger charge is -2.42. The molecule has 1 amide bonds. The van der Waals surface area contributed by atoms with Gasteiger partial charge in [0, 0.05) is 44.5 Å². The number of piperidine rings is 1. The Bertz CT molecular complexity index is 607. The van der Waals surface area contributed by atoms with Gasteiger partial charge in [-0.2, -0.15) is 0 Å². The average molecular weight is 433 g/mol. The first-order chi connectivity index (χ1) is 12.4. The van der Waals surface area contributed by atoms with Crippen LogP contribution in [0.4, 0.5) is 5.69 Å². The van der Waals surface area contributed by atoms with E-state index in [4.69, 9.17) is 10.5 Å². The molecule has 1 aromatic rings. The van der Waals surface area contributed by atoms with Crippen molar-refractivity contribution in [2.24, 2.45) is 11.1 Å². The fraction of sp³-hybridized carbons (Fsp3) is 0.650. The molecule has 0 spiro atoms. The molecule has 6 nitrogen and oxygen atoms in total. The summed E-state index contributed by atoms with van der Waals surface area (Å²) in [5, 5.41) is 3.01. The van der Waals surface area contributed by atoms with Crippen molar-refractivity contribution in [2.45, 2.75) is 32.9 Å². The largest absolute Gasteiger partial charge is 0.379 e. The van der Waals surface area contributed by atoms with E-state index in [0.29, 0.717) is 6.54 Å². The van der Waals surface area contributed by atoms with Crippen molar-refractivity contribution in [2.75, 3.05) is 51.3 Å². The normalized spacial score (nSPS) is 22.6. The van der Waals surface area contributed by atoms with Crippen LogP contribution >= 0.6 is 24.8 Å². The van der Waals surface area contributed by atoms with Crippen molar-refractivity contribution < 1.29 is 9.53 Å². The molecule has 2 saturated heterocycles. The molecule has 2 aliphatic rings. The molecule has 2 aliphatic heterocycles. The summed E-state index contributed by atoms with van der Waals surface area (Å²) in [6, 6.07) is 8.37. The Morgan fingerprint density at radius 1 is 1.14 bits per heavy atom. The molecule has 0 aromatic heterocycles. The molecule has 2 heterocycles. The van der Waals surface area contributed by atoms with Crippen LogP contribution in [0, 0.1) is 5.41 Å². The van der Waals surface area contributed by atoms with Gasteiger partial charge < -0.3 is 15.8 Å². The van der Waals surface area contributed by atoms with Gasteiger partial charge in [0.15, 0.2) is 0 Å². The average Bonchev–Trinajstić information content (AvgIpc) is 2.60. The number of morpholine rings is 1. The van der Waals surface area contributed by atoms with Crippen LogP contribution < -0.4 is 11.1 Å². The van der Waals surface area contributed by atoms with Crippen molar-refractivity contribution in [1.29, 1.82) is 0 Å². The number of carbonyl (C=O) groups excluding carboxylic acids is 1. The standard InChI is InChI=1S/C20H32N4O2.2ClH/c1-20(2)15-24(8-7-18(20)21)14-19(25)22-17-5-3-16(4-6-17)13-23-9-11-26-12-10-23;;/h3-6,18H,7-15,21H2,1-2H3,(H,22,25);2*1H. The quantitative estimate of drug-likeness (QED) is 0.746. The van der Waals surface area contributed by atoms with Crippen LogP contribution in [0.3, 0.4) is 0 Å². The molecule has 0 bridgehead atoms. The number of anilines is 1. The van der Waals surface area contributed by atoms with E-state index in [9.17, 15) is 4.79 Å². The van der Waals surface area contributed by atoms with Gasteiger partial charge in [-0.3, -0.25) is 14.6 Å². The van der Waals surface area contributed by atoms with Crippen molar-refractivity contribution in [3.05, 3.63) is 29.8 Å². The minimum atomic E-state index is 0. The van der Waals surface area contributed by atoms with E-state index < -0.39 is 0 Å². The monoisotopic (exact) mass is 432 g/mol. The van der Waals surface area contributed by atoms with Crippen LogP contribution in [0.1, 0.15) is 25.8 Å². The summed E-state index contributed by atoms with van der Waals surface area (Å²) in [5.41, 5.74) is 8.34. The second-order valence-electron chi connectivity index (χ2n) is 8.23. The predicted octanol–water partition coefficient (Wildman–Crippen LogP) is 2.36. The molecule has 2 fully saturated rings. The van der Waals surface area contributed by atoms with Gasteiger partial charge in [-0.1, -0.05) is 26.0 Å². The predicted molar refractivity (Wildman–Crippen MR) is 118 cm³/mol. The van der Waals surface area contributed by atoms with Crippen LogP contribution in [0.2, 0.25) is 0 Å². The minimum Gasteiger partial charge on any atom is -0.379 e. The van der Waals surface area contributed by atoms with Gasteiger partial charge in [0.2, 0.25) is 5.91 Å². The highest BCUT2D eigenvalue weighted by Crippen LogP contribution is 2.27. The molecule has 0 aliphatic carbocycles. The Labute approximate surface area is 181 Å². The van der Waals surface area contributed by atoms with Crippen molar-refractivity contribution >= 4 is 36.4 Å². The van der Waals surface area contributed by atoms with Crippen LogP contribution in [0.25, 0.3) is 0 Å². The number of nitrogens with two attached hydrogens (primary N) is 1. The highest BCUT2D eigenvalue weighted by atomic mass is 35.5. The van der Waals surface area contributed by atoms with Crippen molar-refractivity contribution in [3.63, 3.8) is 0 Å². The number of nitrogens with zero attached hydrogens (tertiary/aromatic N) is 2. The van der Waals surface area contributed by atoms with E-state index in [1.807, 2.05) is 12.1 Å². The number of carbonyl (C=O) groups is 1. The number of halogens is 2. The third kappa shape index (κ3) is 7.17. The van der Waals surface area contributed by atoms with Gasteiger partial charge in [0.25, 0.3) is 0 Å². The summed E-state index contributed by atoms with van der Waals surface area (Å²) in [4.78, 5) is 17.0. The summed E-state index contributed by atoms with van der Waals surface area (Å²) in [6.07, 6.45) is 0.941. The lowest BCUT2D eigenvalue weighted by molar-refractivity contribution is -0.118. The van der Waals surface area contributed by atoms with Crippen LogP contribution in [0.5, 0.6) is 0 Å². The Balaban J connectivity index is 0.00000196. The smallest absolute Gasteiger partial charge is 0.238 e. The topological polar surface area (TPSA) is 70.8 Å².